The van der Waals surface area contributed by atoms with Crippen LogP contribution in [-0.2, 0) is 16.3 Å². The summed E-state index contributed by atoms with van der Waals surface area (Å²) in [5.74, 6) is -0.996. The predicted octanol–water partition coefficient (Wildman–Crippen LogP) is 2.27. The lowest BCUT2D eigenvalue weighted by Gasteiger charge is -2.11. The third kappa shape index (κ3) is 5.49. The molecule has 0 bridgehead atoms. The zero-order valence-corrected chi connectivity index (χ0v) is 15.2. The summed E-state index contributed by atoms with van der Waals surface area (Å²) in [6.45, 7) is 3.97. The Hall–Kier alpha value is -2.15. The molecule has 1 aromatic rings. The number of aryl methyl sites for hydroxylation is 1. The molecule has 0 saturated carbocycles. The SMILES string of the molecule is CCCCC=Cc1cc(CC)c(C(=O)N=C(N)N)cc1S(C)(=O)=O. The Bertz CT molecular complexity index is 762. The van der Waals surface area contributed by atoms with Crippen molar-refractivity contribution in [3.8, 4) is 0 Å². The van der Waals surface area contributed by atoms with Gasteiger partial charge < -0.3 is 11.5 Å². The molecule has 0 spiro atoms. The smallest absolute Gasteiger partial charge is 0.280 e. The van der Waals surface area contributed by atoms with Crippen molar-refractivity contribution in [1.29, 1.82) is 0 Å². The molecule has 132 valence electrons. The van der Waals surface area contributed by atoms with E-state index in [1.165, 1.54) is 6.07 Å². The molecule has 7 heteroatoms. The van der Waals surface area contributed by atoms with Crippen LogP contribution in [0.3, 0.4) is 0 Å². The number of unbranched alkanes of at least 4 members (excludes halogenated alkanes) is 2. The normalized spacial score (nSPS) is 11.6. The molecule has 0 aliphatic rings. The first kappa shape index (κ1) is 19.9. The molecule has 0 atom stereocenters. The quantitative estimate of drug-likeness (QED) is 0.444. The molecule has 1 aromatic carbocycles. The van der Waals surface area contributed by atoms with Crippen LogP contribution >= 0.6 is 0 Å². The summed E-state index contributed by atoms with van der Waals surface area (Å²) in [5, 5.41) is 0. The molecule has 0 saturated heterocycles. The number of rotatable bonds is 7. The number of hydrogen-bond donors (Lipinski definition) is 2. The maximum Gasteiger partial charge on any atom is 0.280 e. The molecule has 1 rings (SSSR count). The summed E-state index contributed by atoms with van der Waals surface area (Å²) in [7, 11) is -3.50. The topological polar surface area (TPSA) is 116 Å². The molecule has 6 nitrogen and oxygen atoms in total. The van der Waals surface area contributed by atoms with Gasteiger partial charge in [0.1, 0.15) is 0 Å². The van der Waals surface area contributed by atoms with Gasteiger partial charge in [0.25, 0.3) is 5.91 Å². The average molecular weight is 351 g/mol. The largest absolute Gasteiger partial charge is 0.370 e. The third-order valence-electron chi connectivity index (χ3n) is 3.50. The van der Waals surface area contributed by atoms with E-state index >= 15 is 0 Å². The van der Waals surface area contributed by atoms with Crippen molar-refractivity contribution < 1.29 is 13.2 Å². The first-order valence-electron chi connectivity index (χ1n) is 7.88. The summed E-state index contributed by atoms with van der Waals surface area (Å²) >= 11 is 0. The third-order valence-corrected chi connectivity index (χ3v) is 4.65. The van der Waals surface area contributed by atoms with Gasteiger partial charge in [-0.2, -0.15) is 4.99 Å². The van der Waals surface area contributed by atoms with E-state index in [0.29, 0.717) is 17.5 Å². The minimum absolute atomic E-state index is 0.0987. The number of allylic oxidation sites excluding steroid dienone is 1. The summed E-state index contributed by atoms with van der Waals surface area (Å²) in [6.07, 6.45) is 8.38. The van der Waals surface area contributed by atoms with Gasteiger partial charge in [0.15, 0.2) is 15.8 Å². The van der Waals surface area contributed by atoms with E-state index in [1.54, 1.807) is 12.1 Å². The lowest BCUT2D eigenvalue weighted by atomic mass is 10.0. The molecular weight excluding hydrogens is 326 g/mol. The van der Waals surface area contributed by atoms with E-state index < -0.39 is 15.7 Å². The van der Waals surface area contributed by atoms with Crippen molar-refractivity contribution in [2.45, 2.75) is 44.4 Å². The Morgan fingerprint density at radius 2 is 1.92 bits per heavy atom. The van der Waals surface area contributed by atoms with Gasteiger partial charge in [-0.1, -0.05) is 38.8 Å². The number of sulfone groups is 1. The Balaban J connectivity index is 3.48. The molecule has 0 fully saturated rings. The fourth-order valence-electron chi connectivity index (χ4n) is 2.30. The molecule has 0 unspecified atom stereocenters. The highest BCUT2D eigenvalue weighted by Crippen LogP contribution is 2.24. The van der Waals surface area contributed by atoms with Crippen molar-refractivity contribution in [3.63, 3.8) is 0 Å². The maximum atomic E-state index is 12.2. The van der Waals surface area contributed by atoms with E-state index in [9.17, 15) is 13.2 Å². The number of hydrogen-bond acceptors (Lipinski definition) is 3. The van der Waals surface area contributed by atoms with Crippen molar-refractivity contribution in [3.05, 3.63) is 34.9 Å². The molecule has 0 heterocycles. The minimum Gasteiger partial charge on any atom is -0.370 e. The van der Waals surface area contributed by atoms with Crippen LogP contribution in [0.2, 0.25) is 0 Å². The van der Waals surface area contributed by atoms with E-state index in [0.717, 1.165) is 25.5 Å². The van der Waals surface area contributed by atoms with Crippen molar-refractivity contribution in [2.24, 2.45) is 16.5 Å². The Morgan fingerprint density at radius 3 is 2.42 bits per heavy atom. The lowest BCUT2D eigenvalue weighted by Crippen LogP contribution is -2.24. The number of carbonyl (C=O) groups is 1. The first-order chi connectivity index (χ1) is 11.2. The summed E-state index contributed by atoms with van der Waals surface area (Å²) in [4.78, 5) is 15.8. The van der Waals surface area contributed by atoms with Crippen LogP contribution < -0.4 is 11.5 Å². The molecule has 1 amide bonds. The zero-order valence-electron chi connectivity index (χ0n) is 14.4. The predicted molar refractivity (Wildman–Crippen MR) is 97.6 cm³/mol. The van der Waals surface area contributed by atoms with E-state index in [4.69, 9.17) is 11.5 Å². The molecule has 24 heavy (non-hydrogen) atoms. The lowest BCUT2D eigenvalue weighted by molar-refractivity contribution is 0.100. The van der Waals surface area contributed by atoms with Crippen LogP contribution in [-0.4, -0.2) is 26.5 Å². The highest BCUT2D eigenvalue weighted by molar-refractivity contribution is 7.90. The van der Waals surface area contributed by atoms with Gasteiger partial charge in [-0.05, 0) is 36.1 Å². The number of benzene rings is 1. The van der Waals surface area contributed by atoms with Crippen LogP contribution in [0.5, 0.6) is 0 Å². The van der Waals surface area contributed by atoms with Crippen LogP contribution in [0, 0.1) is 0 Å². The molecular formula is C17H25N3O3S. The van der Waals surface area contributed by atoms with Gasteiger partial charge in [-0.15, -0.1) is 0 Å². The Labute approximate surface area is 143 Å². The molecule has 4 N–H and O–H groups in total. The summed E-state index contributed by atoms with van der Waals surface area (Å²) in [5.41, 5.74) is 12.0. The number of carbonyl (C=O) groups excluding carboxylic acids is 1. The van der Waals surface area contributed by atoms with Gasteiger partial charge in [0.2, 0.25) is 0 Å². The fraction of sp³-hybridized carbons (Fsp3) is 0.412. The minimum atomic E-state index is -3.50. The van der Waals surface area contributed by atoms with Crippen LogP contribution in [0.25, 0.3) is 6.08 Å². The molecule has 0 radical (unpaired) electrons. The zero-order chi connectivity index (χ0) is 18.3. The van der Waals surface area contributed by atoms with Gasteiger partial charge in [0, 0.05) is 11.8 Å². The number of nitrogens with zero attached hydrogens (tertiary/aromatic N) is 1. The number of amides is 1. The Morgan fingerprint density at radius 1 is 1.25 bits per heavy atom. The van der Waals surface area contributed by atoms with Crippen molar-refractivity contribution in [2.75, 3.05) is 6.26 Å². The van der Waals surface area contributed by atoms with E-state index in [2.05, 4.69) is 11.9 Å². The summed E-state index contributed by atoms with van der Waals surface area (Å²) in [6, 6.07) is 3.08. The van der Waals surface area contributed by atoms with Crippen LogP contribution in [0.1, 0.15) is 54.6 Å². The van der Waals surface area contributed by atoms with E-state index in [1.807, 2.05) is 13.0 Å². The van der Waals surface area contributed by atoms with Gasteiger partial charge in [0.05, 0.1) is 4.90 Å². The second-order valence-electron chi connectivity index (χ2n) is 5.56. The summed E-state index contributed by atoms with van der Waals surface area (Å²) < 4.78 is 24.2. The highest BCUT2D eigenvalue weighted by atomic mass is 32.2. The number of aliphatic imine (C=N–C) groups is 1. The van der Waals surface area contributed by atoms with E-state index in [-0.39, 0.29) is 16.4 Å². The fourth-order valence-corrected chi connectivity index (χ4v) is 3.18. The van der Waals surface area contributed by atoms with Crippen molar-refractivity contribution in [1.82, 2.24) is 0 Å². The van der Waals surface area contributed by atoms with Crippen LogP contribution in [0.15, 0.2) is 28.1 Å². The first-order valence-corrected chi connectivity index (χ1v) is 9.77. The maximum absolute atomic E-state index is 12.2. The van der Waals surface area contributed by atoms with Gasteiger partial charge >= 0.3 is 0 Å². The number of nitrogens with two attached hydrogens (primary N) is 2. The molecule has 0 aliphatic carbocycles. The number of guanidine groups is 1. The van der Waals surface area contributed by atoms with Gasteiger partial charge in [-0.3, -0.25) is 4.79 Å². The average Bonchev–Trinajstić information content (AvgIpc) is 2.49. The monoisotopic (exact) mass is 351 g/mol. The standard InChI is InChI=1S/C17H25N3O3S/c1-4-6-7-8-9-13-10-12(5-2)14(16(21)20-17(18)19)11-15(13)24(3,22)23/h8-11H,4-7H2,1-3H3,(H4,18,19,20,21). The van der Waals surface area contributed by atoms with Gasteiger partial charge in [-0.25, -0.2) is 8.42 Å². The molecule has 0 aliphatic heterocycles. The molecule has 0 aromatic heterocycles. The van der Waals surface area contributed by atoms with Crippen molar-refractivity contribution >= 4 is 27.8 Å². The second-order valence-corrected chi connectivity index (χ2v) is 7.54. The highest BCUT2D eigenvalue weighted by Gasteiger charge is 2.19. The van der Waals surface area contributed by atoms with Crippen LogP contribution in [0.4, 0.5) is 0 Å². The Kier molecular flexibility index (Phi) is 7.16. The second kappa shape index (κ2) is 8.63.